The average molecular weight is 267 g/mol. The topological polar surface area (TPSA) is 35.6 Å². The summed E-state index contributed by atoms with van der Waals surface area (Å²) in [6.45, 7) is 14.8. The number of amides is 1. The molecule has 2 rings (SSSR count). The Balaban J connectivity index is 1.91. The van der Waals surface area contributed by atoms with Crippen LogP contribution >= 0.6 is 0 Å². The first-order valence-electron chi connectivity index (χ1n) is 7.65. The van der Waals surface area contributed by atoms with Crippen LogP contribution in [-0.4, -0.2) is 61.0 Å². The van der Waals surface area contributed by atoms with Gasteiger partial charge in [0.25, 0.3) is 0 Å². The van der Waals surface area contributed by atoms with Crippen LogP contribution in [0.25, 0.3) is 0 Å². The maximum Gasteiger partial charge on any atom is 0.225 e. The Morgan fingerprint density at radius 2 is 1.84 bits per heavy atom. The third-order valence-electron chi connectivity index (χ3n) is 4.75. The van der Waals surface area contributed by atoms with Crippen LogP contribution < -0.4 is 5.32 Å². The molecule has 0 saturated carbocycles. The van der Waals surface area contributed by atoms with Crippen LogP contribution in [0.3, 0.4) is 0 Å². The van der Waals surface area contributed by atoms with Crippen molar-refractivity contribution in [3.63, 3.8) is 0 Å². The van der Waals surface area contributed by atoms with Gasteiger partial charge in [0.15, 0.2) is 0 Å². The third kappa shape index (κ3) is 3.29. The number of nitrogens with one attached hydrogen (secondary N) is 1. The van der Waals surface area contributed by atoms with Crippen molar-refractivity contribution in [3.8, 4) is 0 Å². The van der Waals surface area contributed by atoms with Crippen LogP contribution in [0.15, 0.2) is 0 Å². The molecule has 110 valence electrons. The summed E-state index contributed by atoms with van der Waals surface area (Å²) < 4.78 is 0. The fraction of sp³-hybridized carbons (Fsp3) is 0.933. The van der Waals surface area contributed by atoms with Gasteiger partial charge in [-0.15, -0.1) is 0 Å². The molecule has 4 nitrogen and oxygen atoms in total. The fourth-order valence-corrected chi connectivity index (χ4v) is 3.33. The fourth-order valence-electron chi connectivity index (χ4n) is 3.33. The summed E-state index contributed by atoms with van der Waals surface area (Å²) in [5.74, 6) is 0.431. The molecule has 1 unspecified atom stereocenters. The van der Waals surface area contributed by atoms with Crippen molar-refractivity contribution in [1.82, 2.24) is 15.1 Å². The Bertz CT molecular complexity index is 319. The van der Waals surface area contributed by atoms with Crippen LogP contribution in [0.5, 0.6) is 0 Å². The molecule has 2 saturated heterocycles. The molecule has 19 heavy (non-hydrogen) atoms. The summed E-state index contributed by atoms with van der Waals surface area (Å²) in [6, 6.07) is 0.609. The molecule has 1 atom stereocenters. The first-order chi connectivity index (χ1) is 8.92. The van der Waals surface area contributed by atoms with Gasteiger partial charge in [0.1, 0.15) is 0 Å². The Morgan fingerprint density at radius 1 is 1.21 bits per heavy atom. The first-order valence-corrected chi connectivity index (χ1v) is 7.65. The normalized spacial score (nSPS) is 28.7. The minimum absolute atomic E-state index is 0.124. The number of carbonyl (C=O) groups excluding carboxylic acids is 1. The van der Waals surface area contributed by atoms with E-state index in [4.69, 9.17) is 0 Å². The van der Waals surface area contributed by atoms with Crippen molar-refractivity contribution >= 4 is 5.91 Å². The Morgan fingerprint density at radius 3 is 2.37 bits per heavy atom. The molecule has 1 N–H and O–H groups in total. The van der Waals surface area contributed by atoms with Crippen LogP contribution in [-0.2, 0) is 4.79 Å². The number of carbonyl (C=O) groups is 1. The SMILES string of the molecule is CC(C)C(=O)N1CCN(C2CNCCC2(C)C)CC1. The van der Waals surface area contributed by atoms with E-state index < -0.39 is 0 Å². The zero-order valence-corrected chi connectivity index (χ0v) is 12.9. The predicted octanol–water partition coefficient (Wildman–Crippen LogP) is 1.17. The lowest BCUT2D eigenvalue weighted by atomic mass is 9.77. The van der Waals surface area contributed by atoms with Gasteiger partial charge in [-0.25, -0.2) is 0 Å². The second-order valence-corrected chi connectivity index (χ2v) is 6.97. The summed E-state index contributed by atoms with van der Waals surface area (Å²) in [7, 11) is 0. The van der Waals surface area contributed by atoms with E-state index in [0.29, 0.717) is 17.4 Å². The number of piperidine rings is 1. The molecule has 4 heteroatoms. The molecule has 0 bridgehead atoms. The summed E-state index contributed by atoms with van der Waals surface area (Å²) >= 11 is 0. The zero-order chi connectivity index (χ0) is 14.0. The van der Waals surface area contributed by atoms with Gasteiger partial charge in [-0.3, -0.25) is 9.69 Å². The van der Waals surface area contributed by atoms with E-state index in [1.54, 1.807) is 0 Å². The van der Waals surface area contributed by atoms with Crippen LogP contribution in [0.2, 0.25) is 0 Å². The van der Waals surface area contributed by atoms with Crippen LogP contribution in [0.1, 0.15) is 34.1 Å². The van der Waals surface area contributed by atoms with Crippen molar-refractivity contribution in [1.29, 1.82) is 0 Å². The van der Waals surface area contributed by atoms with E-state index in [0.717, 1.165) is 39.3 Å². The highest BCUT2D eigenvalue weighted by molar-refractivity contribution is 5.78. The van der Waals surface area contributed by atoms with E-state index in [2.05, 4.69) is 24.1 Å². The second kappa shape index (κ2) is 5.80. The monoisotopic (exact) mass is 267 g/mol. The summed E-state index contributed by atoms with van der Waals surface area (Å²) in [6.07, 6.45) is 1.24. The standard InChI is InChI=1S/C15H29N3O/c1-12(2)14(19)18-9-7-17(8-10-18)13-11-16-6-5-15(13,3)4/h12-13,16H,5-11H2,1-4H3. The first kappa shape index (κ1) is 14.8. The third-order valence-corrected chi connectivity index (χ3v) is 4.75. The highest BCUT2D eigenvalue weighted by Gasteiger charge is 2.37. The minimum atomic E-state index is 0.124. The maximum absolute atomic E-state index is 12.0. The predicted molar refractivity (Wildman–Crippen MR) is 78.0 cm³/mol. The Hall–Kier alpha value is -0.610. The number of hydrogen-bond donors (Lipinski definition) is 1. The molecule has 2 fully saturated rings. The van der Waals surface area contributed by atoms with Crippen LogP contribution in [0, 0.1) is 11.3 Å². The minimum Gasteiger partial charge on any atom is -0.340 e. The van der Waals surface area contributed by atoms with Gasteiger partial charge in [0.2, 0.25) is 5.91 Å². The smallest absolute Gasteiger partial charge is 0.225 e. The van der Waals surface area contributed by atoms with Crippen molar-refractivity contribution in [2.24, 2.45) is 11.3 Å². The molecule has 0 aromatic rings. The molecule has 2 aliphatic heterocycles. The van der Waals surface area contributed by atoms with Crippen LogP contribution in [0.4, 0.5) is 0 Å². The molecule has 0 aliphatic carbocycles. The molecular weight excluding hydrogens is 238 g/mol. The molecule has 0 spiro atoms. The molecule has 0 aromatic heterocycles. The maximum atomic E-state index is 12.0. The molecule has 2 aliphatic rings. The van der Waals surface area contributed by atoms with Gasteiger partial charge >= 0.3 is 0 Å². The second-order valence-electron chi connectivity index (χ2n) is 6.97. The molecule has 2 heterocycles. The summed E-state index contributed by atoms with van der Waals surface area (Å²) in [4.78, 5) is 16.6. The molecule has 1 amide bonds. The van der Waals surface area contributed by atoms with Gasteiger partial charge in [0, 0.05) is 44.7 Å². The zero-order valence-electron chi connectivity index (χ0n) is 12.9. The van der Waals surface area contributed by atoms with Crippen molar-refractivity contribution in [2.75, 3.05) is 39.3 Å². The lowest BCUT2D eigenvalue weighted by Gasteiger charge is -2.48. The summed E-state index contributed by atoms with van der Waals surface area (Å²) in [5.41, 5.74) is 0.384. The Labute approximate surface area is 117 Å². The largest absolute Gasteiger partial charge is 0.340 e. The van der Waals surface area contributed by atoms with Crippen molar-refractivity contribution in [3.05, 3.63) is 0 Å². The lowest BCUT2D eigenvalue weighted by molar-refractivity contribution is -0.137. The molecule has 0 aromatic carbocycles. The number of piperazine rings is 1. The molecular formula is C15H29N3O. The van der Waals surface area contributed by atoms with Gasteiger partial charge in [0.05, 0.1) is 0 Å². The van der Waals surface area contributed by atoms with E-state index in [1.807, 2.05) is 18.7 Å². The Kier molecular flexibility index (Phi) is 4.51. The van der Waals surface area contributed by atoms with Gasteiger partial charge in [-0.2, -0.15) is 0 Å². The summed E-state index contributed by atoms with van der Waals surface area (Å²) in [5, 5.41) is 3.52. The van der Waals surface area contributed by atoms with E-state index in [-0.39, 0.29) is 5.92 Å². The van der Waals surface area contributed by atoms with Gasteiger partial charge < -0.3 is 10.2 Å². The highest BCUT2D eigenvalue weighted by atomic mass is 16.2. The number of nitrogens with zero attached hydrogens (tertiary/aromatic N) is 2. The average Bonchev–Trinajstić information content (AvgIpc) is 2.37. The number of hydrogen-bond acceptors (Lipinski definition) is 3. The van der Waals surface area contributed by atoms with E-state index >= 15 is 0 Å². The quantitative estimate of drug-likeness (QED) is 0.816. The van der Waals surface area contributed by atoms with E-state index in [9.17, 15) is 4.79 Å². The van der Waals surface area contributed by atoms with Crippen molar-refractivity contribution < 1.29 is 4.79 Å². The van der Waals surface area contributed by atoms with Gasteiger partial charge in [-0.1, -0.05) is 27.7 Å². The number of rotatable bonds is 2. The highest BCUT2D eigenvalue weighted by Crippen LogP contribution is 2.31. The van der Waals surface area contributed by atoms with E-state index in [1.165, 1.54) is 6.42 Å². The lowest BCUT2D eigenvalue weighted by Crippen LogP contribution is -2.60. The van der Waals surface area contributed by atoms with Crippen molar-refractivity contribution in [2.45, 2.75) is 40.2 Å². The van der Waals surface area contributed by atoms with Gasteiger partial charge in [-0.05, 0) is 18.4 Å². The molecule has 0 radical (unpaired) electrons.